The van der Waals surface area contributed by atoms with Gasteiger partial charge in [-0.3, -0.25) is 9.69 Å². The molecule has 0 aliphatic heterocycles. The molecule has 0 radical (unpaired) electrons. The minimum atomic E-state index is 0.0929. The molecule has 100 valence electrons. The van der Waals surface area contributed by atoms with E-state index in [-0.39, 0.29) is 5.78 Å². The minimum absolute atomic E-state index is 0.0929. The Hall–Kier alpha value is -1.06. The summed E-state index contributed by atoms with van der Waals surface area (Å²) in [7, 11) is 0. The molecule has 18 heavy (non-hydrogen) atoms. The summed E-state index contributed by atoms with van der Waals surface area (Å²) in [6, 6.07) is 3.52. The van der Waals surface area contributed by atoms with E-state index in [0.717, 1.165) is 25.1 Å². The third-order valence-corrected chi connectivity index (χ3v) is 3.49. The molecule has 0 aromatic heterocycles. The summed E-state index contributed by atoms with van der Waals surface area (Å²) in [6.45, 7) is 8.25. The number of halogens is 1. The third kappa shape index (κ3) is 3.47. The van der Waals surface area contributed by atoms with E-state index in [2.05, 4.69) is 4.90 Å². The molecular formula is C14H21ClN2O. The Bertz CT molecular complexity index is 428. The monoisotopic (exact) mass is 268 g/mol. The summed E-state index contributed by atoms with van der Waals surface area (Å²) in [5.41, 5.74) is 8.03. The molecule has 0 spiro atoms. The van der Waals surface area contributed by atoms with Crippen LogP contribution in [0.3, 0.4) is 0 Å². The zero-order valence-electron chi connectivity index (χ0n) is 11.3. The Morgan fingerprint density at radius 1 is 1.28 bits per heavy atom. The van der Waals surface area contributed by atoms with Gasteiger partial charge in [-0.25, -0.2) is 0 Å². The predicted octanol–water partition coefficient (Wildman–Crippen LogP) is 3.01. The Labute approximate surface area is 114 Å². The number of carbonyl (C=O) groups is 1. The van der Waals surface area contributed by atoms with Gasteiger partial charge in [0.15, 0.2) is 5.78 Å². The van der Waals surface area contributed by atoms with Crippen molar-refractivity contribution < 1.29 is 4.79 Å². The van der Waals surface area contributed by atoms with Crippen LogP contribution >= 0.6 is 11.6 Å². The molecule has 0 heterocycles. The number of nitrogen functional groups attached to an aromatic ring is 1. The molecule has 0 saturated heterocycles. The highest BCUT2D eigenvalue weighted by molar-refractivity contribution is 6.33. The van der Waals surface area contributed by atoms with E-state index in [1.807, 2.05) is 26.8 Å². The van der Waals surface area contributed by atoms with Crippen LogP contribution in [0.1, 0.15) is 36.7 Å². The molecule has 1 aromatic rings. The van der Waals surface area contributed by atoms with Crippen LogP contribution in [0.15, 0.2) is 12.1 Å². The largest absolute Gasteiger partial charge is 0.397 e. The van der Waals surface area contributed by atoms with Crippen LogP contribution in [0, 0.1) is 0 Å². The van der Waals surface area contributed by atoms with Crippen molar-refractivity contribution in [1.29, 1.82) is 0 Å². The summed E-state index contributed by atoms with van der Waals surface area (Å²) in [6.07, 6.45) is 0.776. The van der Waals surface area contributed by atoms with Crippen molar-refractivity contribution in [3.05, 3.63) is 28.3 Å². The SMILES string of the molecule is CCc1cc(C(=O)CN(CC)CC)cc(Cl)c1N. The van der Waals surface area contributed by atoms with E-state index in [0.29, 0.717) is 22.8 Å². The second-order valence-electron chi connectivity index (χ2n) is 4.27. The van der Waals surface area contributed by atoms with Crippen LogP contribution in [0.5, 0.6) is 0 Å². The number of rotatable bonds is 6. The molecule has 0 aliphatic rings. The molecule has 0 atom stereocenters. The number of nitrogens with zero attached hydrogens (tertiary/aromatic N) is 1. The van der Waals surface area contributed by atoms with E-state index < -0.39 is 0 Å². The molecule has 0 aliphatic carbocycles. The Morgan fingerprint density at radius 2 is 1.89 bits per heavy atom. The second kappa shape index (κ2) is 6.76. The normalized spacial score (nSPS) is 10.9. The highest BCUT2D eigenvalue weighted by atomic mass is 35.5. The third-order valence-electron chi connectivity index (χ3n) is 3.18. The number of hydrogen-bond acceptors (Lipinski definition) is 3. The molecular weight excluding hydrogens is 248 g/mol. The van der Waals surface area contributed by atoms with Crippen molar-refractivity contribution in [3.8, 4) is 0 Å². The molecule has 3 nitrogen and oxygen atoms in total. The maximum absolute atomic E-state index is 12.2. The fourth-order valence-electron chi connectivity index (χ4n) is 1.87. The van der Waals surface area contributed by atoms with Gasteiger partial charge >= 0.3 is 0 Å². The van der Waals surface area contributed by atoms with Gasteiger partial charge in [0, 0.05) is 5.56 Å². The molecule has 1 aromatic carbocycles. The summed E-state index contributed by atoms with van der Waals surface area (Å²) in [4.78, 5) is 14.2. The predicted molar refractivity (Wildman–Crippen MR) is 77.4 cm³/mol. The number of aryl methyl sites for hydroxylation is 1. The molecule has 0 saturated carbocycles. The standard InChI is InChI=1S/C14H21ClN2O/c1-4-10-7-11(8-12(15)14(10)16)13(18)9-17(5-2)6-3/h7-8H,4-6,9,16H2,1-3H3. The fraction of sp³-hybridized carbons (Fsp3) is 0.500. The van der Waals surface area contributed by atoms with Crippen molar-refractivity contribution in [2.24, 2.45) is 0 Å². The first kappa shape index (κ1) is 15.0. The molecule has 1 rings (SSSR count). The fourth-order valence-corrected chi connectivity index (χ4v) is 2.11. The van der Waals surface area contributed by atoms with Crippen molar-refractivity contribution in [2.75, 3.05) is 25.4 Å². The van der Waals surface area contributed by atoms with Gasteiger partial charge < -0.3 is 5.73 Å². The van der Waals surface area contributed by atoms with Crippen molar-refractivity contribution in [2.45, 2.75) is 27.2 Å². The first-order valence-electron chi connectivity index (χ1n) is 6.36. The van der Waals surface area contributed by atoms with E-state index >= 15 is 0 Å². The Morgan fingerprint density at radius 3 is 2.39 bits per heavy atom. The van der Waals surface area contributed by atoms with Crippen LogP contribution in [-0.2, 0) is 6.42 Å². The summed E-state index contributed by atoms with van der Waals surface area (Å²) in [5, 5.41) is 0.470. The number of anilines is 1. The van der Waals surface area contributed by atoms with Crippen LogP contribution < -0.4 is 5.73 Å². The highest BCUT2D eigenvalue weighted by Gasteiger charge is 2.13. The maximum Gasteiger partial charge on any atom is 0.176 e. The van der Waals surface area contributed by atoms with E-state index in [4.69, 9.17) is 17.3 Å². The zero-order chi connectivity index (χ0) is 13.7. The van der Waals surface area contributed by atoms with E-state index in [1.54, 1.807) is 6.07 Å². The van der Waals surface area contributed by atoms with E-state index in [9.17, 15) is 4.79 Å². The maximum atomic E-state index is 12.2. The molecule has 0 amide bonds. The number of likely N-dealkylation sites (N-methyl/N-ethyl adjacent to an activating group) is 1. The summed E-state index contributed by atoms with van der Waals surface area (Å²) >= 11 is 6.06. The lowest BCUT2D eigenvalue weighted by atomic mass is 10.0. The minimum Gasteiger partial charge on any atom is -0.397 e. The molecule has 4 heteroatoms. The Balaban J connectivity index is 2.96. The summed E-state index contributed by atoms with van der Waals surface area (Å²) < 4.78 is 0. The lowest BCUT2D eigenvalue weighted by Crippen LogP contribution is -2.29. The molecule has 0 bridgehead atoms. The van der Waals surface area contributed by atoms with Crippen molar-refractivity contribution in [1.82, 2.24) is 4.90 Å². The molecule has 0 unspecified atom stereocenters. The molecule has 2 N–H and O–H groups in total. The van der Waals surface area contributed by atoms with Crippen LogP contribution in [0.25, 0.3) is 0 Å². The zero-order valence-corrected chi connectivity index (χ0v) is 12.0. The van der Waals surface area contributed by atoms with Gasteiger partial charge in [0.25, 0.3) is 0 Å². The first-order valence-corrected chi connectivity index (χ1v) is 6.74. The lowest BCUT2D eigenvalue weighted by molar-refractivity contribution is 0.0937. The quantitative estimate of drug-likeness (QED) is 0.637. The number of nitrogens with two attached hydrogens (primary N) is 1. The smallest absolute Gasteiger partial charge is 0.176 e. The first-order chi connectivity index (χ1) is 8.53. The Kier molecular flexibility index (Phi) is 5.63. The average molecular weight is 269 g/mol. The van der Waals surface area contributed by atoms with Crippen molar-refractivity contribution >= 4 is 23.1 Å². The van der Waals surface area contributed by atoms with Gasteiger partial charge in [-0.15, -0.1) is 0 Å². The van der Waals surface area contributed by atoms with Crippen LogP contribution in [0.4, 0.5) is 5.69 Å². The van der Waals surface area contributed by atoms with Gasteiger partial charge in [0.05, 0.1) is 17.3 Å². The summed E-state index contributed by atoms with van der Waals surface area (Å²) in [5.74, 6) is 0.0929. The number of ketones is 1. The number of hydrogen-bond donors (Lipinski definition) is 1. The second-order valence-corrected chi connectivity index (χ2v) is 4.68. The van der Waals surface area contributed by atoms with Gasteiger partial charge in [-0.2, -0.15) is 0 Å². The van der Waals surface area contributed by atoms with Gasteiger partial charge in [-0.1, -0.05) is 32.4 Å². The van der Waals surface area contributed by atoms with Crippen LogP contribution in [0.2, 0.25) is 5.02 Å². The van der Waals surface area contributed by atoms with Crippen LogP contribution in [-0.4, -0.2) is 30.3 Å². The number of Topliss-reactive ketones (excluding diaryl/α,β-unsaturated/α-hetero) is 1. The number of benzene rings is 1. The topological polar surface area (TPSA) is 46.3 Å². The highest BCUT2D eigenvalue weighted by Crippen LogP contribution is 2.25. The van der Waals surface area contributed by atoms with Gasteiger partial charge in [0.1, 0.15) is 0 Å². The average Bonchev–Trinajstić information content (AvgIpc) is 2.38. The number of carbonyl (C=O) groups excluding carboxylic acids is 1. The van der Waals surface area contributed by atoms with Gasteiger partial charge in [0.2, 0.25) is 0 Å². The van der Waals surface area contributed by atoms with Gasteiger partial charge in [-0.05, 0) is 37.2 Å². The van der Waals surface area contributed by atoms with Crippen molar-refractivity contribution in [3.63, 3.8) is 0 Å². The lowest BCUT2D eigenvalue weighted by Gasteiger charge is -2.17. The molecule has 0 fully saturated rings. The van der Waals surface area contributed by atoms with E-state index in [1.165, 1.54) is 0 Å².